The van der Waals surface area contributed by atoms with Crippen molar-refractivity contribution in [1.29, 1.82) is 0 Å². The summed E-state index contributed by atoms with van der Waals surface area (Å²) in [5, 5.41) is 3.31. The van der Waals surface area contributed by atoms with Gasteiger partial charge >= 0.3 is 0 Å². The lowest BCUT2D eigenvalue weighted by molar-refractivity contribution is -0.130. The molecule has 90 valence electrons. The molecule has 1 aliphatic rings. The van der Waals surface area contributed by atoms with E-state index in [4.69, 9.17) is 6.42 Å². The second-order valence-corrected chi connectivity index (χ2v) is 3.96. The van der Waals surface area contributed by atoms with Crippen LogP contribution in [0.5, 0.6) is 0 Å². The van der Waals surface area contributed by atoms with Crippen molar-refractivity contribution in [2.45, 2.75) is 13.3 Å². The van der Waals surface area contributed by atoms with Crippen molar-refractivity contribution in [2.75, 3.05) is 45.8 Å². The number of hydrogen-bond acceptors (Lipinski definition) is 3. The first-order chi connectivity index (χ1) is 7.77. The molecule has 0 unspecified atom stereocenters. The number of carbonyl (C=O) groups excluding carboxylic acids is 1. The van der Waals surface area contributed by atoms with Crippen molar-refractivity contribution < 1.29 is 4.79 Å². The Bertz CT molecular complexity index is 253. The molecule has 1 saturated heterocycles. The summed E-state index contributed by atoms with van der Waals surface area (Å²) in [5.74, 6) is 2.69. The summed E-state index contributed by atoms with van der Waals surface area (Å²) < 4.78 is 0. The monoisotopic (exact) mass is 223 g/mol. The van der Waals surface area contributed by atoms with Gasteiger partial charge < -0.3 is 10.2 Å². The molecule has 0 aromatic carbocycles. The van der Waals surface area contributed by atoms with Gasteiger partial charge in [0.1, 0.15) is 0 Å². The van der Waals surface area contributed by atoms with Crippen LogP contribution in [-0.2, 0) is 4.79 Å². The number of carbonyl (C=O) groups is 1. The number of terminal acetylenes is 1. The fourth-order valence-corrected chi connectivity index (χ4v) is 1.82. The molecule has 4 nitrogen and oxygen atoms in total. The third kappa shape index (κ3) is 4.21. The minimum atomic E-state index is 0.146. The SMILES string of the molecule is C#CCN(CCN1CCNCC1)C(=O)CC. The highest BCUT2D eigenvalue weighted by Crippen LogP contribution is 1.97. The van der Waals surface area contributed by atoms with E-state index in [9.17, 15) is 4.79 Å². The third-order valence-corrected chi connectivity index (χ3v) is 2.83. The molecule has 0 aliphatic carbocycles. The van der Waals surface area contributed by atoms with Crippen LogP contribution in [0.15, 0.2) is 0 Å². The molecule has 0 saturated carbocycles. The highest BCUT2D eigenvalue weighted by atomic mass is 16.2. The van der Waals surface area contributed by atoms with Crippen LogP contribution in [-0.4, -0.2) is 61.5 Å². The lowest BCUT2D eigenvalue weighted by Gasteiger charge is -2.29. The van der Waals surface area contributed by atoms with E-state index in [2.05, 4.69) is 16.1 Å². The van der Waals surface area contributed by atoms with E-state index in [1.165, 1.54) is 0 Å². The average molecular weight is 223 g/mol. The van der Waals surface area contributed by atoms with Crippen molar-refractivity contribution in [2.24, 2.45) is 0 Å². The van der Waals surface area contributed by atoms with Gasteiger partial charge in [0.05, 0.1) is 6.54 Å². The Balaban J connectivity index is 2.31. The molecule has 1 aliphatic heterocycles. The van der Waals surface area contributed by atoms with E-state index in [1.54, 1.807) is 4.90 Å². The lowest BCUT2D eigenvalue weighted by atomic mass is 10.3. The van der Waals surface area contributed by atoms with E-state index in [-0.39, 0.29) is 5.91 Å². The quantitative estimate of drug-likeness (QED) is 0.654. The number of hydrogen-bond donors (Lipinski definition) is 1. The predicted octanol–water partition coefficient (Wildman–Crippen LogP) is -0.237. The van der Waals surface area contributed by atoms with Crippen molar-refractivity contribution in [3.63, 3.8) is 0 Å². The molecule has 0 aromatic rings. The normalized spacial score (nSPS) is 16.8. The smallest absolute Gasteiger partial charge is 0.223 e. The zero-order chi connectivity index (χ0) is 11.8. The minimum absolute atomic E-state index is 0.146. The first kappa shape index (κ1) is 13.0. The molecule has 0 radical (unpaired) electrons. The second-order valence-electron chi connectivity index (χ2n) is 3.96. The highest BCUT2D eigenvalue weighted by Gasteiger charge is 2.13. The van der Waals surface area contributed by atoms with E-state index >= 15 is 0 Å². The van der Waals surface area contributed by atoms with Crippen LogP contribution in [0.25, 0.3) is 0 Å². The van der Waals surface area contributed by atoms with Crippen LogP contribution in [0.1, 0.15) is 13.3 Å². The van der Waals surface area contributed by atoms with Crippen LogP contribution >= 0.6 is 0 Å². The molecule has 16 heavy (non-hydrogen) atoms. The summed E-state index contributed by atoms with van der Waals surface area (Å²) in [6, 6.07) is 0. The van der Waals surface area contributed by atoms with Crippen molar-refractivity contribution in [1.82, 2.24) is 15.1 Å². The topological polar surface area (TPSA) is 35.6 Å². The minimum Gasteiger partial charge on any atom is -0.330 e. The molecular weight excluding hydrogens is 202 g/mol. The van der Waals surface area contributed by atoms with Crippen molar-refractivity contribution in [3.8, 4) is 12.3 Å². The maximum atomic E-state index is 11.6. The molecule has 0 aromatic heterocycles. The summed E-state index contributed by atoms with van der Waals surface area (Å²) in [6.45, 7) is 8.17. The number of rotatable bonds is 5. The summed E-state index contributed by atoms with van der Waals surface area (Å²) in [5.41, 5.74) is 0. The summed E-state index contributed by atoms with van der Waals surface area (Å²) >= 11 is 0. The van der Waals surface area contributed by atoms with E-state index < -0.39 is 0 Å². The number of nitrogens with zero attached hydrogens (tertiary/aromatic N) is 2. The number of piperazine rings is 1. The average Bonchev–Trinajstić information content (AvgIpc) is 2.34. The zero-order valence-electron chi connectivity index (χ0n) is 10.0. The molecule has 0 spiro atoms. The number of nitrogens with one attached hydrogen (secondary N) is 1. The predicted molar refractivity (Wildman–Crippen MR) is 65.0 cm³/mol. The molecule has 1 N–H and O–H groups in total. The summed E-state index contributed by atoms with van der Waals surface area (Å²) in [7, 11) is 0. The Morgan fingerprint density at radius 2 is 2.19 bits per heavy atom. The van der Waals surface area contributed by atoms with Gasteiger partial charge in [-0.05, 0) is 0 Å². The van der Waals surface area contributed by atoms with Gasteiger partial charge in [-0.1, -0.05) is 12.8 Å². The Hall–Kier alpha value is -1.05. The Labute approximate surface area is 98.0 Å². The first-order valence-corrected chi connectivity index (χ1v) is 5.92. The van der Waals surface area contributed by atoms with Gasteiger partial charge in [-0.15, -0.1) is 6.42 Å². The van der Waals surface area contributed by atoms with Gasteiger partial charge in [0, 0.05) is 45.7 Å². The van der Waals surface area contributed by atoms with Gasteiger partial charge in [0.15, 0.2) is 0 Å². The molecular formula is C12H21N3O. The largest absolute Gasteiger partial charge is 0.330 e. The van der Waals surface area contributed by atoms with E-state index in [1.807, 2.05) is 6.92 Å². The van der Waals surface area contributed by atoms with Crippen molar-refractivity contribution in [3.05, 3.63) is 0 Å². The van der Waals surface area contributed by atoms with E-state index in [0.29, 0.717) is 13.0 Å². The Kier molecular flexibility index (Phi) is 5.91. The van der Waals surface area contributed by atoms with Crippen molar-refractivity contribution >= 4 is 5.91 Å². The molecule has 1 heterocycles. The Morgan fingerprint density at radius 1 is 1.50 bits per heavy atom. The van der Waals surface area contributed by atoms with Crippen LogP contribution in [0, 0.1) is 12.3 Å². The summed E-state index contributed by atoms with van der Waals surface area (Å²) in [6.07, 6.45) is 5.79. The fraction of sp³-hybridized carbons (Fsp3) is 0.750. The molecule has 4 heteroatoms. The van der Waals surface area contributed by atoms with Gasteiger partial charge in [-0.3, -0.25) is 9.69 Å². The maximum absolute atomic E-state index is 11.6. The molecule has 1 fully saturated rings. The molecule has 0 bridgehead atoms. The van der Waals surface area contributed by atoms with Crippen LogP contribution < -0.4 is 5.32 Å². The molecule has 1 amide bonds. The second kappa shape index (κ2) is 7.26. The summed E-state index contributed by atoms with van der Waals surface area (Å²) in [4.78, 5) is 15.7. The zero-order valence-corrected chi connectivity index (χ0v) is 10.0. The van der Waals surface area contributed by atoms with Crippen LogP contribution in [0.2, 0.25) is 0 Å². The third-order valence-electron chi connectivity index (χ3n) is 2.83. The van der Waals surface area contributed by atoms with E-state index in [0.717, 1.165) is 39.3 Å². The maximum Gasteiger partial charge on any atom is 0.223 e. The number of amides is 1. The Morgan fingerprint density at radius 3 is 2.75 bits per heavy atom. The van der Waals surface area contributed by atoms with Gasteiger partial charge in [-0.2, -0.15) is 0 Å². The van der Waals surface area contributed by atoms with Gasteiger partial charge in [-0.25, -0.2) is 0 Å². The standard InChI is InChI=1S/C12H21N3O/c1-3-7-15(12(16)4-2)11-10-14-8-5-13-6-9-14/h1,13H,4-11H2,2H3. The fourth-order valence-electron chi connectivity index (χ4n) is 1.82. The molecule has 1 rings (SSSR count). The first-order valence-electron chi connectivity index (χ1n) is 5.92. The van der Waals surface area contributed by atoms with Gasteiger partial charge in [0.2, 0.25) is 5.91 Å². The lowest BCUT2D eigenvalue weighted by Crippen LogP contribution is -2.47. The van der Waals surface area contributed by atoms with Gasteiger partial charge in [0.25, 0.3) is 0 Å². The van der Waals surface area contributed by atoms with Crippen LogP contribution in [0.3, 0.4) is 0 Å². The molecule has 0 atom stereocenters. The highest BCUT2D eigenvalue weighted by molar-refractivity contribution is 5.76. The van der Waals surface area contributed by atoms with Crippen LogP contribution in [0.4, 0.5) is 0 Å².